The lowest BCUT2D eigenvalue weighted by molar-refractivity contribution is -0.119. The maximum absolute atomic E-state index is 13.4. The molecule has 0 bridgehead atoms. The molecule has 3 rings (SSSR count). The quantitative estimate of drug-likeness (QED) is 0.315. The molecule has 0 fully saturated rings. The first-order valence-corrected chi connectivity index (χ1v) is 13.0. The number of ether oxygens (including phenoxy) is 2. The Bertz CT molecular complexity index is 1200. The molecule has 7 nitrogen and oxygen atoms in total. The van der Waals surface area contributed by atoms with Gasteiger partial charge < -0.3 is 14.8 Å². The minimum Gasteiger partial charge on any atom is -0.493 e. The van der Waals surface area contributed by atoms with Gasteiger partial charge >= 0.3 is 0 Å². The van der Waals surface area contributed by atoms with Crippen molar-refractivity contribution in [3.63, 3.8) is 0 Å². The van der Waals surface area contributed by atoms with E-state index in [-0.39, 0.29) is 11.4 Å². The number of hydrogen-bond donors (Lipinski definition) is 1. The molecule has 0 saturated carbocycles. The highest BCUT2D eigenvalue weighted by Crippen LogP contribution is 2.33. The molecular formula is C25H28N2O5S2. The summed E-state index contributed by atoms with van der Waals surface area (Å²) >= 11 is 1.62. The summed E-state index contributed by atoms with van der Waals surface area (Å²) in [5.74, 6) is 1.08. The van der Waals surface area contributed by atoms with E-state index in [4.69, 9.17) is 9.47 Å². The Morgan fingerprint density at radius 1 is 0.941 bits per heavy atom. The molecule has 3 aromatic rings. The highest BCUT2D eigenvalue weighted by molar-refractivity contribution is 7.99. The number of hydrogen-bond acceptors (Lipinski definition) is 6. The molecule has 0 aromatic heterocycles. The van der Waals surface area contributed by atoms with Crippen molar-refractivity contribution >= 4 is 33.4 Å². The zero-order valence-electron chi connectivity index (χ0n) is 19.4. The average molecular weight is 501 g/mol. The van der Waals surface area contributed by atoms with Crippen molar-refractivity contribution in [2.45, 2.75) is 16.7 Å². The summed E-state index contributed by atoms with van der Waals surface area (Å²) in [6.07, 6.45) is 0. The van der Waals surface area contributed by atoms with Crippen LogP contribution in [0.25, 0.3) is 0 Å². The molecule has 0 radical (unpaired) electrons. The summed E-state index contributed by atoms with van der Waals surface area (Å²) in [4.78, 5) is 14.0. The largest absolute Gasteiger partial charge is 0.493 e. The number of carbonyl (C=O) groups is 1. The zero-order valence-corrected chi connectivity index (χ0v) is 21.0. The molecule has 0 unspecified atom stereocenters. The first-order chi connectivity index (χ1) is 16.3. The van der Waals surface area contributed by atoms with Crippen LogP contribution in [0.5, 0.6) is 11.5 Å². The van der Waals surface area contributed by atoms with Gasteiger partial charge in [0.15, 0.2) is 11.5 Å². The number of aryl methyl sites for hydroxylation is 1. The minimum absolute atomic E-state index is 0.0903. The Labute approximate surface area is 205 Å². The van der Waals surface area contributed by atoms with Crippen molar-refractivity contribution in [2.24, 2.45) is 0 Å². The third-order valence-electron chi connectivity index (χ3n) is 4.99. The molecule has 3 aromatic carbocycles. The van der Waals surface area contributed by atoms with E-state index in [1.54, 1.807) is 48.2 Å². The monoisotopic (exact) mass is 500 g/mol. The number of nitrogens with one attached hydrogen (secondary N) is 1. The van der Waals surface area contributed by atoms with Crippen LogP contribution in [-0.4, -0.2) is 47.4 Å². The van der Waals surface area contributed by atoms with Crippen LogP contribution in [0.15, 0.2) is 82.6 Å². The van der Waals surface area contributed by atoms with Crippen molar-refractivity contribution in [3.8, 4) is 11.5 Å². The van der Waals surface area contributed by atoms with Gasteiger partial charge in [-0.05, 0) is 43.3 Å². The maximum Gasteiger partial charge on any atom is 0.264 e. The summed E-state index contributed by atoms with van der Waals surface area (Å²) in [6, 6.07) is 20.9. The Kier molecular flexibility index (Phi) is 8.84. The van der Waals surface area contributed by atoms with Crippen molar-refractivity contribution in [1.82, 2.24) is 5.32 Å². The average Bonchev–Trinajstić information content (AvgIpc) is 2.86. The number of anilines is 1. The van der Waals surface area contributed by atoms with Crippen LogP contribution in [0.1, 0.15) is 5.56 Å². The van der Waals surface area contributed by atoms with E-state index in [2.05, 4.69) is 5.32 Å². The second kappa shape index (κ2) is 11.8. The molecule has 0 aliphatic carbocycles. The van der Waals surface area contributed by atoms with Gasteiger partial charge in [-0.1, -0.05) is 35.9 Å². The molecule has 0 saturated heterocycles. The highest BCUT2D eigenvalue weighted by Gasteiger charge is 2.28. The van der Waals surface area contributed by atoms with Crippen LogP contribution < -0.4 is 19.1 Å². The van der Waals surface area contributed by atoms with Crippen molar-refractivity contribution in [1.29, 1.82) is 0 Å². The standard InChI is InChI=1S/C25H28N2O5S2/c1-19-9-12-21(13-10-19)33-16-15-26-25(28)18-27(34(29,30)22-7-5-4-6-8-22)20-11-14-23(31-2)24(17-20)32-3/h4-14,17H,15-16,18H2,1-3H3,(H,26,28). The zero-order chi connectivity index (χ0) is 24.6. The lowest BCUT2D eigenvalue weighted by Crippen LogP contribution is -2.41. The van der Waals surface area contributed by atoms with Gasteiger partial charge in [0.25, 0.3) is 10.0 Å². The predicted octanol–water partition coefficient (Wildman–Crippen LogP) is 4.12. The number of nitrogens with zero attached hydrogens (tertiary/aromatic N) is 1. The number of carbonyl (C=O) groups excluding carboxylic acids is 1. The van der Waals surface area contributed by atoms with Gasteiger partial charge in [-0.2, -0.15) is 0 Å². The lowest BCUT2D eigenvalue weighted by atomic mass is 10.2. The van der Waals surface area contributed by atoms with Gasteiger partial charge in [-0.25, -0.2) is 8.42 Å². The Hall–Kier alpha value is -3.17. The highest BCUT2D eigenvalue weighted by atomic mass is 32.2. The topological polar surface area (TPSA) is 84.9 Å². The first-order valence-electron chi connectivity index (χ1n) is 10.6. The molecule has 0 spiro atoms. The Morgan fingerprint density at radius 3 is 2.26 bits per heavy atom. The van der Waals surface area contributed by atoms with E-state index in [1.165, 1.54) is 31.9 Å². The fourth-order valence-electron chi connectivity index (χ4n) is 3.19. The molecule has 0 aliphatic rings. The summed E-state index contributed by atoms with van der Waals surface area (Å²) < 4.78 is 38.5. The third kappa shape index (κ3) is 6.45. The molecule has 34 heavy (non-hydrogen) atoms. The molecule has 0 aliphatic heterocycles. The minimum atomic E-state index is -4.00. The van der Waals surface area contributed by atoms with E-state index in [1.807, 2.05) is 31.2 Å². The van der Waals surface area contributed by atoms with E-state index < -0.39 is 15.9 Å². The SMILES string of the molecule is COc1ccc(N(CC(=O)NCCSc2ccc(C)cc2)S(=O)(=O)c2ccccc2)cc1OC. The number of rotatable bonds is 11. The predicted molar refractivity (Wildman–Crippen MR) is 135 cm³/mol. The van der Waals surface area contributed by atoms with Crippen LogP contribution >= 0.6 is 11.8 Å². The van der Waals surface area contributed by atoms with Gasteiger partial charge in [0.05, 0.1) is 24.8 Å². The number of sulfonamides is 1. The molecule has 0 heterocycles. The third-order valence-corrected chi connectivity index (χ3v) is 7.79. The van der Waals surface area contributed by atoms with Crippen LogP contribution in [0, 0.1) is 6.92 Å². The van der Waals surface area contributed by atoms with Gasteiger partial charge in [0.2, 0.25) is 5.91 Å². The number of amides is 1. The summed E-state index contributed by atoms with van der Waals surface area (Å²) in [7, 11) is -1.03. The van der Waals surface area contributed by atoms with E-state index in [9.17, 15) is 13.2 Å². The molecule has 0 atom stereocenters. The first kappa shape index (κ1) is 25.5. The van der Waals surface area contributed by atoms with Gasteiger partial charge in [0.1, 0.15) is 6.54 Å². The fraction of sp³-hybridized carbons (Fsp3) is 0.240. The van der Waals surface area contributed by atoms with Crippen molar-refractivity contribution in [3.05, 3.63) is 78.4 Å². The van der Waals surface area contributed by atoms with E-state index in [0.29, 0.717) is 29.5 Å². The lowest BCUT2D eigenvalue weighted by Gasteiger charge is -2.25. The number of thioether (sulfide) groups is 1. The summed E-state index contributed by atoms with van der Waals surface area (Å²) in [5, 5.41) is 2.82. The molecule has 180 valence electrons. The molecular weight excluding hydrogens is 472 g/mol. The normalized spacial score (nSPS) is 11.0. The summed E-state index contributed by atoms with van der Waals surface area (Å²) in [5.41, 5.74) is 1.48. The second-order valence-corrected chi connectivity index (χ2v) is 10.4. The van der Waals surface area contributed by atoms with Crippen molar-refractivity contribution < 1.29 is 22.7 Å². The fourth-order valence-corrected chi connectivity index (χ4v) is 5.40. The van der Waals surface area contributed by atoms with E-state index in [0.717, 1.165) is 9.20 Å². The maximum atomic E-state index is 13.4. The van der Waals surface area contributed by atoms with Gasteiger partial charge in [0, 0.05) is 23.3 Å². The Morgan fingerprint density at radius 2 is 1.62 bits per heavy atom. The van der Waals surface area contributed by atoms with Crippen LogP contribution in [0.2, 0.25) is 0 Å². The molecule has 1 N–H and O–H groups in total. The molecule has 9 heteroatoms. The van der Waals surface area contributed by atoms with Gasteiger partial charge in [-0.15, -0.1) is 11.8 Å². The smallest absolute Gasteiger partial charge is 0.264 e. The van der Waals surface area contributed by atoms with Crippen molar-refractivity contribution in [2.75, 3.05) is 37.4 Å². The van der Waals surface area contributed by atoms with Crippen LogP contribution in [0.3, 0.4) is 0 Å². The summed E-state index contributed by atoms with van der Waals surface area (Å²) in [6.45, 7) is 2.06. The van der Waals surface area contributed by atoms with Crippen LogP contribution in [-0.2, 0) is 14.8 Å². The number of benzene rings is 3. The van der Waals surface area contributed by atoms with Gasteiger partial charge in [-0.3, -0.25) is 9.10 Å². The second-order valence-electron chi connectivity index (χ2n) is 7.38. The Balaban J connectivity index is 1.76. The van der Waals surface area contributed by atoms with Crippen LogP contribution in [0.4, 0.5) is 5.69 Å². The molecule has 1 amide bonds. The number of methoxy groups -OCH3 is 2. The van der Waals surface area contributed by atoms with E-state index >= 15 is 0 Å².